The summed E-state index contributed by atoms with van der Waals surface area (Å²) in [7, 11) is -3.65. The van der Waals surface area contributed by atoms with E-state index in [1.54, 1.807) is 29.0 Å². The number of nitrogens with zero attached hydrogens (tertiary/aromatic N) is 1. The molecule has 2 aromatic heterocycles. The molecule has 0 fully saturated rings. The fourth-order valence-corrected chi connectivity index (χ4v) is 8.31. The van der Waals surface area contributed by atoms with Crippen LogP contribution in [0.2, 0.25) is 5.02 Å². The number of hydrogen-bond acceptors (Lipinski definition) is 4. The number of benzene rings is 4. The van der Waals surface area contributed by atoms with E-state index in [0.717, 1.165) is 58.1 Å². The molecule has 2 heterocycles. The van der Waals surface area contributed by atoms with E-state index in [1.807, 2.05) is 60.7 Å². The number of aryl methyl sites for hydroxylation is 2. The summed E-state index contributed by atoms with van der Waals surface area (Å²) in [5, 5.41) is 14.4. The standard InChI is InChI=1S/C37H33ClN2O4S2/c38-30-18-19-33-32(13-7-8-26-14-16-29(17-15-26)37(41)42)34(20-22-39-46(43,44)31-21-23-45-25-31)40(35(33)24-30)36(27-9-3-1-4-10-27)28-11-5-2-6-12-28/h1-6,9-12,14-19,21,23-25,36,39H,7-8,13,20,22H2,(H,41,42). The Labute approximate surface area is 278 Å². The van der Waals surface area contributed by atoms with Gasteiger partial charge in [-0.15, -0.1) is 0 Å². The number of aromatic nitrogens is 1. The Morgan fingerprint density at radius 3 is 2.13 bits per heavy atom. The van der Waals surface area contributed by atoms with Crippen LogP contribution in [0.3, 0.4) is 0 Å². The maximum Gasteiger partial charge on any atom is 0.335 e. The van der Waals surface area contributed by atoms with E-state index in [-0.39, 0.29) is 23.0 Å². The number of carbonyl (C=O) groups is 1. The number of aromatic carboxylic acids is 1. The van der Waals surface area contributed by atoms with Gasteiger partial charge in [-0.3, -0.25) is 0 Å². The predicted molar refractivity (Wildman–Crippen MR) is 186 cm³/mol. The smallest absolute Gasteiger partial charge is 0.335 e. The second-order valence-electron chi connectivity index (χ2n) is 11.1. The van der Waals surface area contributed by atoms with Crippen molar-refractivity contribution >= 4 is 49.8 Å². The average Bonchev–Trinajstić information content (AvgIpc) is 3.71. The minimum absolute atomic E-state index is 0.177. The van der Waals surface area contributed by atoms with Crippen LogP contribution < -0.4 is 4.72 Å². The molecule has 6 nitrogen and oxygen atoms in total. The normalized spacial score (nSPS) is 11.8. The molecule has 0 aliphatic heterocycles. The molecule has 0 bridgehead atoms. The first-order chi connectivity index (χ1) is 22.3. The van der Waals surface area contributed by atoms with Crippen LogP contribution in [0.15, 0.2) is 125 Å². The molecule has 234 valence electrons. The largest absolute Gasteiger partial charge is 0.478 e. The van der Waals surface area contributed by atoms with Crippen LogP contribution in [0, 0.1) is 0 Å². The number of rotatable bonds is 13. The first kappa shape index (κ1) is 31.8. The summed E-state index contributed by atoms with van der Waals surface area (Å²) in [6.07, 6.45) is 2.80. The number of halogens is 1. The van der Waals surface area contributed by atoms with E-state index in [2.05, 4.69) is 39.6 Å². The third kappa shape index (κ3) is 6.95. The first-order valence-electron chi connectivity index (χ1n) is 15.1. The molecule has 46 heavy (non-hydrogen) atoms. The molecular formula is C37H33ClN2O4S2. The Kier molecular flexibility index (Phi) is 9.70. The van der Waals surface area contributed by atoms with E-state index >= 15 is 0 Å². The lowest BCUT2D eigenvalue weighted by atomic mass is 9.97. The Hall–Kier alpha value is -4.21. The second kappa shape index (κ2) is 14.1. The molecule has 0 aliphatic rings. The Morgan fingerprint density at radius 2 is 1.52 bits per heavy atom. The quantitative estimate of drug-likeness (QED) is 0.129. The highest BCUT2D eigenvalue weighted by molar-refractivity contribution is 7.89. The zero-order valence-corrected chi connectivity index (χ0v) is 27.4. The van der Waals surface area contributed by atoms with Gasteiger partial charge in [-0.05, 0) is 77.2 Å². The van der Waals surface area contributed by atoms with Crippen LogP contribution in [0.4, 0.5) is 0 Å². The lowest BCUT2D eigenvalue weighted by Crippen LogP contribution is -2.27. The maximum absolute atomic E-state index is 13.1. The summed E-state index contributed by atoms with van der Waals surface area (Å²) in [6.45, 7) is 0.224. The predicted octanol–water partition coefficient (Wildman–Crippen LogP) is 8.39. The van der Waals surface area contributed by atoms with Crippen LogP contribution in [0.1, 0.15) is 50.8 Å². The highest BCUT2D eigenvalue weighted by Crippen LogP contribution is 2.38. The van der Waals surface area contributed by atoms with Crippen LogP contribution in [-0.2, 0) is 29.3 Å². The fraction of sp³-hybridized carbons (Fsp3) is 0.162. The number of hydrogen-bond donors (Lipinski definition) is 2. The van der Waals surface area contributed by atoms with Crippen LogP contribution in [0.25, 0.3) is 10.9 Å². The summed E-state index contributed by atoms with van der Waals surface area (Å²) in [5.74, 6) is -0.941. The van der Waals surface area contributed by atoms with Gasteiger partial charge in [0.25, 0.3) is 0 Å². The minimum atomic E-state index is -3.65. The molecule has 9 heteroatoms. The van der Waals surface area contributed by atoms with Gasteiger partial charge in [0.05, 0.1) is 22.0 Å². The molecule has 4 aromatic carbocycles. The minimum Gasteiger partial charge on any atom is -0.478 e. The van der Waals surface area contributed by atoms with Crippen molar-refractivity contribution in [3.8, 4) is 0 Å². The molecule has 0 unspecified atom stereocenters. The molecule has 2 N–H and O–H groups in total. The average molecular weight is 669 g/mol. The van der Waals surface area contributed by atoms with E-state index in [0.29, 0.717) is 11.4 Å². The molecule has 0 aliphatic carbocycles. The Balaban J connectivity index is 1.44. The fourth-order valence-electron chi connectivity index (χ4n) is 6.09. The van der Waals surface area contributed by atoms with Crippen LogP contribution in [-0.4, -0.2) is 30.6 Å². The van der Waals surface area contributed by atoms with Crippen molar-refractivity contribution in [3.63, 3.8) is 0 Å². The maximum atomic E-state index is 13.1. The molecule has 0 spiro atoms. The van der Waals surface area contributed by atoms with Gasteiger partial charge in [-0.25, -0.2) is 17.9 Å². The van der Waals surface area contributed by atoms with Crippen molar-refractivity contribution in [1.82, 2.24) is 9.29 Å². The molecule has 6 aromatic rings. The van der Waals surface area contributed by atoms with Gasteiger partial charge >= 0.3 is 5.97 Å². The van der Waals surface area contributed by atoms with Crippen molar-refractivity contribution in [2.24, 2.45) is 0 Å². The number of sulfonamides is 1. The highest BCUT2D eigenvalue weighted by Gasteiger charge is 2.26. The molecule has 6 rings (SSSR count). The van der Waals surface area contributed by atoms with Gasteiger partial charge in [0.15, 0.2) is 0 Å². The highest BCUT2D eigenvalue weighted by atomic mass is 35.5. The zero-order chi connectivity index (χ0) is 32.1. The monoisotopic (exact) mass is 668 g/mol. The third-order valence-corrected chi connectivity index (χ3v) is 10.8. The van der Waals surface area contributed by atoms with Gasteiger partial charge < -0.3 is 9.67 Å². The van der Waals surface area contributed by atoms with E-state index in [4.69, 9.17) is 11.6 Å². The van der Waals surface area contributed by atoms with Crippen molar-refractivity contribution in [1.29, 1.82) is 0 Å². The summed E-state index contributed by atoms with van der Waals surface area (Å²) in [5.41, 5.74) is 6.73. The number of thiophene rings is 1. The molecule has 0 saturated heterocycles. The molecule has 0 atom stereocenters. The summed E-state index contributed by atoms with van der Waals surface area (Å²) in [6, 6.07) is 35.1. The Morgan fingerprint density at radius 1 is 0.848 bits per heavy atom. The number of nitrogens with one attached hydrogen (secondary N) is 1. The lowest BCUT2D eigenvalue weighted by molar-refractivity contribution is 0.0697. The molecular weight excluding hydrogens is 636 g/mol. The molecule has 0 amide bonds. The topological polar surface area (TPSA) is 88.4 Å². The van der Waals surface area contributed by atoms with E-state index in [9.17, 15) is 18.3 Å². The number of fused-ring (bicyclic) bond motifs is 1. The van der Waals surface area contributed by atoms with Crippen molar-refractivity contribution in [2.45, 2.75) is 36.6 Å². The van der Waals surface area contributed by atoms with Crippen LogP contribution in [0.5, 0.6) is 0 Å². The van der Waals surface area contributed by atoms with Gasteiger partial charge in [0.2, 0.25) is 10.0 Å². The summed E-state index contributed by atoms with van der Waals surface area (Å²) < 4.78 is 31.3. The van der Waals surface area contributed by atoms with Gasteiger partial charge in [0.1, 0.15) is 0 Å². The SMILES string of the molecule is O=C(O)c1ccc(CCCc2c(CCNS(=O)(=O)c3ccsc3)n(C(c3ccccc3)c3ccccc3)c3cc(Cl)ccc23)cc1. The van der Waals surface area contributed by atoms with Crippen molar-refractivity contribution in [2.75, 3.05) is 6.54 Å². The third-order valence-electron chi connectivity index (χ3n) is 8.22. The Bertz CT molecular complexity index is 2000. The van der Waals surface area contributed by atoms with Gasteiger partial charge in [-0.1, -0.05) is 90.5 Å². The lowest BCUT2D eigenvalue weighted by Gasteiger charge is -2.25. The summed E-state index contributed by atoms with van der Waals surface area (Å²) >= 11 is 7.99. The molecule has 0 radical (unpaired) electrons. The van der Waals surface area contributed by atoms with Gasteiger partial charge in [0, 0.05) is 34.4 Å². The van der Waals surface area contributed by atoms with Gasteiger partial charge in [-0.2, -0.15) is 11.3 Å². The van der Waals surface area contributed by atoms with E-state index in [1.165, 1.54) is 11.3 Å². The first-order valence-corrected chi connectivity index (χ1v) is 17.9. The number of carboxylic acids is 1. The second-order valence-corrected chi connectivity index (χ2v) is 14.1. The van der Waals surface area contributed by atoms with E-state index < -0.39 is 16.0 Å². The molecule has 0 saturated carbocycles. The van der Waals surface area contributed by atoms with Crippen LogP contribution >= 0.6 is 22.9 Å². The van der Waals surface area contributed by atoms with Crippen molar-refractivity contribution in [3.05, 3.63) is 158 Å². The number of carboxylic acid groups (broad SMARTS) is 1. The van der Waals surface area contributed by atoms with Crippen molar-refractivity contribution < 1.29 is 18.3 Å². The summed E-state index contributed by atoms with van der Waals surface area (Å²) in [4.78, 5) is 11.6. The zero-order valence-electron chi connectivity index (χ0n) is 25.0.